The lowest BCUT2D eigenvalue weighted by atomic mass is 9.94. The van der Waals surface area contributed by atoms with Crippen molar-refractivity contribution in [1.29, 1.82) is 0 Å². The van der Waals surface area contributed by atoms with E-state index in [0.29, 0.717) is 28.4 Å². The summed E-state index contributed by atoms with van der Waals surface area (Å²) >= 11 is 0. The summed E-state index contributed by atoms with van der Waals surface area (Å²) in [4.78, 5) is 37.2. The number of para-hydroxylation sites is 1. The van der Waals surface area contributed by atoms with E-state index in [1.807, 2.05) is 24.3 Å². The zero-order valence-electron chi connectivity index (χ0n) is 14.1. The molecule has 0 atom stereocenters. The largest absolute Gasteiger partial charge is 0.280 e. The lowest BCUT2D eigenvalue weighted by Crippen LogP contribution is -2.51. The van der Waals surface area contributed by atoms with Crippen molar-refractivity contribution in [3.05, 3.63) is 81.4 Å². The Morgan fingerprint density at radius 2 is 1.63 bits per heavy atom. The molecule has 7 nitrogen and oxygen atoms in total. The van der Waals surface area contributed by atoms with Crippen LogP contribution in [0.25, 0.3) is 10.8 Å². The Morgan fingerprint density at radius 3 is 2.41 bits per heavy atom. The van der Waals surface area contributed by atoms with Crippen molar-refractivity contribution in [2.45, 2.75) is 6.42 Å². The maximum Gasteiger partial charge on any atom is 0.280 e. The second-order valence-electron chi connectivity index (χ2n) is 6.54. The SMILES string of the molecule is O=C1c2cccc3c([N+](=O)[O-])ccc(c23)C(=O)N1N1CCc2ccccc21. The van der Waals surface area contributed by atoms with E-state index in [1.165, 1.54) is 12.1 Å². The van der Waals surface area contributed by atoms with E-state index in [2.05, 4.69) is 0 Å². The number of rotatable bonds is 2. The van der Waals surface area contributed by atoms with Crippen LogP contribution in [-0.2, 0) is 6.42 Å². The average molecular weight is 359 g/mol. The van der Waals surface area contributed by atoms with Gasteiger partial charge in [0.15, 0.2) is 0 Å². The lowest BCUT2D eigenvalue weighted by Gasteiger charge is -2.35. The Hall–Kier alpha value is -3.74. The fraction of sp³-hybridized carbons (Fsp3) is 0.100. The minimum absolute atomic E-state index is 0.115. The zero-order chi connectivity index (χ0) is 18.7. The first-order chi connectivity index (χ1) is 13.1. The number of hydrogen-bond donors (Lipinski definition) is 0. The fourth-order valence-corrected chi connectivity index (χ4v) is 3.98. The van der Waals surface area contributed by atoms with Gasteiger partial charge in [0.2, 0.25) is 0 Å². The van der Waals surface area contributed by atoms with Gasteiger partial charge in [0, 0.05) is 18.0 Å². The summed E-state index contributed by atoms with van der Waals surface area (Å²) in [5.74, 6) is -0.925. The van der Waals surface area contributed by atoms with Crippen molar-refractivity contribution in [1.82, 2.24) is 5.01 Å². The first kappa shape index (κ1) is 15.5. The van der Waals surface area contributed by atoms with Gasteiger partial charge in [-0.15, -0.1) is 0 Å². The molecule has 3 aromatic rings. The van der Waals surface area contributed by atoms with Crippen LogP contribution in [-0.4, -0.2) is 28.3 Å². The minimum Gasteiger partial charge on any atom is -0.275 e. The summed E-state index contributed by atoms with van der Waals surface area (Å²) in [5, 5.41) is 14.8. The quantitative estimate of drug-likeness (QED) is 0.398. The predicted molar refractivity (Wildman–Crippen MR) is 98.6 cm³/mol. The molecule has 5 rings (SSSR count). The van der Waals surface area contributed by atoms with Crippen molar-refractivity contribution in [2.24, 2.45) is 0 Å². The topological polar surface area (TPSA) is 83.8 Å². The van der Waals surface area contributed by atoms with Crippen molar-refractivity contribution in [3.8, 4) is 0 Å². The highest BCUT2D eigenvalue weighted by Crippen LogP contribution is 2.38. The molecule has 7 heteroatoms. The van der Waals surface area contributed by atoms with Gasteiger partial charge >= 0.3 is 0 Å². The number of amides is 2. The second-order valence-corrected chi connectivity index (χ2v) is 6.54. The Morgan fingerprint density at radius 1 is 0.889 bits per heavy atom. The summed E-state index contributed by atoms with van der Waals surface area (Å²) in [6.45, 7) is 0.523. The van der Waals surface area contributed by atoms with Crippen LogP contribution in [0.5, 0.6) is 0 Å². The van der Waals surface area contributed by atoms with Gasteiger partial charge < -0.3 is 0 Å². The van der Waals surface area contributed by atoms with Crippen molar-refractivity contribution >= 4 is 34.0 Å². The van der Waals surface area contributed by atoms with Gasteiger partial charge in [-0.1, -0.05) is 24.3 Å². The highest BCUT2D eigenvalue weighted by molar-refractivity contribution is 6.27. The molecule has 0 unspecified atom stereocenters. The molecule has 2 aliphatic rings. The Labute approximate surface area is 153 Å². The second kappa shape index (κ2) is 5.38. The Balaban J connectivity index is 1.72. The number of fused-ring (bicyclic) bond motifs is 1. The number of benzene rings is 3. The maximum atomic E-state index is 13.2. The molecule has 0 radical (unpaired) electrons. The normalized spacial score (nSPS) is 15.4. The summed E-state index contributed by atoms with van der Waals surface area (Å²) in [5.41, 5.74) is 2.39. The number of carbonyl (C=O) groups excluding carboxylic acids is 2. The Bertz CT molecular complexity index is 1150. The van der Waals surface area contributed by atoms with Crippen LogP contribution in [0.2, 0.25) is 0 Å². The third kappa shape index (κ3) is 2.02. The van der Waals surface area contributed by atoms with Crippen LogP contribution < -0.4 is 5.01 Å². The Kier molecular flexibility index (Phi) is 3.09. The molecule has 2 amide bonds. The number of hydrazine groups is 1. The summed E-state index contributed by atoms with van der Waals surface area (Å²) in [6, 6.07) is 15.2. The minimum atomic E-state index is -0.499. The van der Waals surface area contributed by atoms with Gasteiger partial charge in [-0.25, -0.2) is 0 Å². The monoisotopic (exact) mass is 359 g/mol. The summed E-state index contributed by atoms with van der Waals surface area (Å²) < 4.78 is 0. The molecule has 0 aromatic heterocycles. The summed E-state index contributed by atoms with van der Waals surface area (Å²) in [7, 11) is 0. The standard InChI is InChI=1S/C20H13N3O4/c24-19-14-6-3-5-13-17(23(26)27)9-8-15(18(13)14)20(25)22(19)21-11-10-12-4-1-2-7-16(12)21/h1-9H,10-11H2. The molecule has 0 saturated carbocycles. The van der Waals surface area contributed by atoms with Crippen LogP contribution >= 0.6 is 0 Å². The van der Waals surface area contributed by atoms with E-state index in [9.17, 15) is 19.7 Å². The van der Waals surface area contributed by atoms with Crippen LogP contribution in [0.1, 0.15) is 26.3 Å². The van der Waals surface area contributed by atoms with E-state index < -0.39 is 16.7 Å². The third-order valence-electron chi connectivity index (χ3n) is 5.16. The van der Waals surface area contributed by atoms with Gasteiger partial charge in [0.05, 0.1) is 27.1 Å². The number of imide groups is 1. The number of hydrogen-bond acceptors (Lipinski definition) is 5. The molecule has 0 saturated heterocycles. The first-order valence-corrected chi connectivity index (χ1v) is 8.52. The molecule has 0 N–H and O–H groups in total. The molecule has 0 spiro atoms. The van der Waals surface area contributed by atoms with E-state index in [1.54, 1.807) is 23.2 Å². The van der Waals surface area contributed by atoms with E-state index in [-0.39, 0.29) is 5.69 Å². The highest BCUT2D eigenvalue weighted by Gasteiger charge is 2.40. The summed E-state index contributed by atoms with van der Waals surface area (Å²) in [6.07, 6.45) is 0.741. The van der Waals surface area contributed by atoms with Gasteiger partial charge in [-0.2, -0.15) is 5.01 Å². The van der Waals surface area contributed by atoms with Crippen molar-refractivity contribution < 1.29 is 14.5 Å². The number of nitrogens with zero attached hydrogens (tertiary/aromatic N) is 3. The van der Waals surface area contributed by atoms with E-state index in [0.717, 1.165) is 22.7 Å². The van der Waals surface area contributed by atoms with Gasteiger partial charge in [0.1, 0.15) is 0 Å². The number of anilines is 1. The molecule has 3 aromatic carbocycles. The van der Waals surface area contributed by atoms with Crippen molar-refractivity contribution in [2.75, 3.05) is 11.6 Å². The number of carbonyl (C=O) groups is 2. The molecule has 0 fully saturated rings. The van der Waals surface area contributed by atoms with E-state index >= 15 is 0 Å². The van der Waals surface area contributed by atoms with Gasteiger partial charge in [0.25, 0.3) is 17.5 Å². The van der Waals surface area contributed by atoms with E-state index in [4.69, 9.17) is 0 Å². The number of nitro benzene ring substituents is 1. The van der Waals surface area contributed by atoms with Crippen molar-refractivity contribution in [3.63, 3.8) is 0 Å². The molecule has 27 heavy (non-hydrogen) atoms. The first-order valence-electron chi connectivity index (χ1n) is 8.52. The molecule has 0 bridgehead atoms. The lowest BCUT2D eigenvalue weighted by molar-refractivity contribution is -0.383. The van der Waals surface area contributed by atoms with Crippen LogP contribution in [0.15, 0.2) is 54.6 Å². The zero-order valence-corrected chi connectivity index (χ0v) is 14.1. The van der Waals surface area contributed by atoms with Crippen LogP contribution in [0.4, 0.5) is 11.4 Å². The molecule has 2 aliphatic heterocycles. The van der Waals surface area contributed by atoms with Crippen LogP contribution in [0.3, 0.4) is 0 Å². The van der Waals surface area contributed by atoms with Gasteiger partial charge in [-0.05, 0) is 36.2 Å². The smallest absolute Gasteiger partial charge is 0.275 e. The maximum absolute atomic E-state index is 13.2. The molecular weight excluding hydrogens is 346 g/mol. The third-order valence-corrected chi connectivity index (χ3v) is 5.16. The average Bonchev–Trinajstić information content (AvgIpc) is 3.09. The highest BCUT2D eigenvalue weighted by atomic mass is 16.6. The fourth-order valence-electron chi connectivity index (χ4n) is 3.98. The van der Waals surface area contributed by atoms with Gasteiger partial charge in [-0.3, -0.25) is 24.7 Å². The molecular formula is C20H13N3O4. The predicted octanol–water partition coefficient (Wildman–Crippen LogP) is 3.32. The van der Waals surface area contributed by atoms with Crippen LogP contribution in [0, 0.1) is 10.1 Å². The number of nitro groups is 1. The molecule has 132 valence electrons. The molecule has 0 aliphatic carbocycles. The molecule has 2 heterocycles. The number of non-ortho nitro benzene ring substituents is 1.